The van der Waals surface area contributed by atoms with Gasteiger partial charge in [-0.1, -0.05) is 17.7 Å². The zero-order valence-electron chi connectivity index (χ0n) is 10.9. The third-order valence-electron chi connectivity index (χ3n) is 2.71. The molecule has 0 radical (unpaired) electrons. The van der Waals surface area contributed by atoms with Gasteiger partial charge in [-0.05, 0) is 30.7 Å². The maximum atomic E-state index is 11.1. The summed E-state index contributed by atoms with van der Waals surface area (Å²) in [6, 6.07) is 8.38. The molecule has 0 bridgehead atoms. The fraction of sp³-hybridized carbons (Fsp3) is 0.0714. The third-order valence-corrected chi connectivity index (χ3v) is 2.94. The molecule has 0 heterocycles. The first-order valence-corrected chi connectivity index (χ1v) is 6.22. The van der Waals surface area contributed by atoms with E-state index < -0.39 is 10.9 Å². The number of carboxylic acids is 1. The Bertz CT molecular complexity index is 729. The van der Waals surface area contributed by atoms with Crippen LogP contribution in [0.3, 0.4) is 0 Å². The lowest BCUT2D eigenvalue weighted by molar-refractivity contribution is -0.385. The van der Waals surface area contributed by atoms with E-state index in [1.54, 1.807) is 13.0 Å². The first-order chi connectivity index (χ1) is 9.88. The van der Waals surface area contributed by atoms with Gasteiger partial charge in [-0.2, -0.15) is 0 Å². The molecule has 0 aliphatic carbocycles. The predicted molar refractivity (Wildman–Crippen MR) is 76.3 cm³/mol. The second-order valence-corrected chi connectivity index (χ2v) is 4.71. The Balaban J connectivity index is 2.50. The van der Waals surface area contributed by atoms with E-state index in [9.17, 15) is 14.9 Å². The molecule has 0 unspecified atom stereocenters. The van der Waals surface area contributed by atoms with E-state index in [2.05, 4.69) is 0 Å². The zero-order valence-corrected chi connectivity index (χ0v) is 11.6. The lowest BCUT2D eigenvalue weighted by Crippen LogP contribution is -2.01. The van der Waals surface area contributed by atoms with Crippen molar-refractivity contribution in [3.05, 3.63) is 62.7 Å². The van der Waals surface area contributed by atoms with Gasteiger partial charge in [0.25, 0.3) is 0 Å². The Morgan fingerprint density at radius 2 is 1.95 bits per heavy atom. The lowest BCUT2D eigenvalue weighted by atomic mass is 10.2. The largest absolute Gasteiger partial charge is 0.478 e. The molecule has 0 spiro atoms. The maximum Gasteiger partial charge on any atom is 0.339 e. The number of aryl methyl sites for hydroxylation is 1. The Labute approximate surface area is 124 Å². The lowest BCUT2D eigenvalue weighted by Gasteiger charge is -2.10. The summed E-state index contributed by atoms with van der Waals surface area (Å²) in [6.45, 7) is 1.71. The average Bonchev–Trinajstić information content (AvgIpc) is 2.40. The number of hydrogen-bond acceptors (Lipinski definition) is 4. The highest BCUT2D eigenvalue weighted by Crippen LogP contribution is 2.34. The first kappa shape index (κ1) is 14.8. The number of rotatable bonds is 4. The number of aromatic carboxylic acids is 1. The minimum absolute atomic E-state index is 0.0460. The van der Waals surface area contributed by atoms with Crippen LogP contribution in [0, 0.1) is 17.0 Å². The average molecular weight is 308 g/mol. The van der Waals surface area contributed by atoms with Crippen LogP contribution in [0.5, 0.6) is 11.5 Å². The number of carboxylic acid groups (broad SMARTS) is 1. The highest BCUT2D eigenvalue weighted by atomic mass is 35.5. The molecule has 2 aromatic carbocycles. The highest BCUT2D eigenvalue weighted by Gasteiger charge is 2.19. The van der Waals surface area contributed by atoms with Gasteiger partial charge in [0, 0.05) is 17.2 Å². The SMILES string of the molecule is Cc1ccc(Oc2cc(Cl)ccc2C(=O)O)c([N+](=O)[O-])c1. The van der Waals surface area contributed by atoms with Gasteiger partial charge in [0.15, 0.2) is 0 Å². The van der Waals surface area contributed by atoms with Crippen LogP contribution in [-0.4, -0.2) is 16.0 Å². The molecule has 0 aromatic heterocycles. The molecule has 6 nitrogen and oxygen atoms in total. The van der Waals surface area contributed by atoms with Crippen molar-refractivity contribution >= 4 is 23.3 Å². The summed E-state index contributed by atoms with van der Waals surface area (Å²) < 4.78 is 5.39. The van der Waals surface area contributed by atoms with Crippen molar-refractivity contribution in [3.8, 4) is 11.5 Å². The fourth-order valence-electron chi connectivity index (χ4n) is 1.73. The van der Waals surface area contributed by atoms with Crippen LogP contribution in [0.15, 0.2) is 36.4 Å². The van der Waals surface area contributed by atoms with Crippen molar-refractivity contribution in [2.75, 3.05) is 0 Å². The van der Waals surface area contributed by atoms with E-state index in [-0.39, 0.29) is 27.8 Å². The molecule has 0 aliphatic heterocycles. The van der Waals surface area contributed by atoms with Crippen molar-refractivity contribution < 1.29 is 19.6 Å². The summed E-state index contributed by atoms with van der Waals surface area (Å²) in [5.41, 5.74) is 0.319. The number of hydrogen-bond donors (Lipinski definition) is 1. The van der Waals surface area contributed by atoms with Gasteiger partial charge in [0.1, 0.15) is 11.3 Å². The summed E-state index contributed by atoms with van der Waals surface area (Å²) >= 11 is 5.81. The summed E-state index contributed by atoms with van der Waals surface area (Å²) in [5.74, 6) is -1.31. The van der Waals surface area contributed by atoms with E-state index >= 15 is 0 Å². The van der Waals surface area contributed by atoms with Gasteiger partial charge in [-0.25, -0.2) is 4.79 Å². The van der Waals surface area contributed by atoms with Gasteiger partial charge in [0.05, 0.1) is 4.92 Å². The van der Waals surface area contributed by atoms with Crippen molar-refractivity contribution in [3.63, 3.8) is 0 Å². The first-order valence-electron chi connectivity index (χ1n) is 5.84. The molecule has 0 atom stereocenters. The van der Waals surface area contributed by atoms with Crippen molar-refractivity contribution in [2.24, 2.45) is 0 Å². The number of nitro benzene ring substituents is 1. The molecular formula is C14H10ClNO5. The maximum absolute atomic E-state index is 11.1. The fourth-order valence-corrected chi connectivity index (χ4v) is 1.89. The van der Waals surface area contributed by atoms with Crippen LogP contribution in [0.4, 0.5) is 5.69 Å². The molecule has 2 aromatic rings. The Morgan fingerprint density at radius 3 is 2.57 bits per heavy atom. The van der Waals surface area contributed by atoms with E-state index in [1.165, 1.54) is 30.3 Å². The predicted octanol–water partition coefficient (Wildman–Crippen LogP) is 4.05. The van der Waals surface area contributed by atoms with Crippen molar-refractivity contribution in [2.45, 2.75) is 6.92 Å². The van der Waals surface area contributed by atoms with Gasteiger partial charge in [-0.15, -0.1) is 0 Å². The van der Waals surface area contributed by atoms with Crippen LogP contribution in [0.2, 0.25) is 5.02 Å². The van der Waals surface area contributed by atoms with Crippen molar-refractivity contribution in [1.82, 2.24) is 0 Å². The van der Waals surface area contributed by atoms with Crippen LogP contribution < -0.4 is 4.74 Å². The quantitative estimate of drug-likeness (QED) is 0.680. The summed E-state index contributed by atoms with van der Waals surface area (Å²) in [5, 5.41) is 20.4. The molecular weight excluding hydrogens is 298 g/mol. The van der Waals surface area contributed by atoms with Crippen LogP contribution in [0.1, 0.15) is 15.9 Å². The molecule has 0 fully saturated rings. The van der Waals surface area contributed by atoms with E-state index in [1.807, 2.05) is 0 Å². The molecule has 21 heavy (non-hydrogen) atoms. The Kier molecular flexibility index (Phi) is 4.09. The smallest absolute Gasteiger partial charge is 0.339 e. The molecule has 0 saturated heterocycles. The van der Waals surface area contributed by atoms with Crippen LogP contribution >= 0.6 is 11.6 Å². The molecule has 0 aliphatic rings. The molecule has 0 saturated carbocycles. The molecule has 108 valence electrons. The molecule has 7 heteroatoms. The highest BCUT2D eigenvalue weighted by molar-refractivity contribution is 6.30. The number of nitro groups is 1. The standard InChI is InChI=1S/C14H10ClNO5/c1-8-2-5-12(11(6-8)16(19)20)21-13-7-9(15)3-4-10(13)14(17)18/h2-7H,1H3,(H,17,18). The Morgan fingerprint density at radius 1 is 1.24 bits per heavy atom. The normalized spacial score (nSPS) is 10.2. The van der Waals surface area contributed by atoms with Crippen molar-refractivity contribution in [1.29, 1.82) is 0 Å². The summed E-state index contributed by atoms with van der Waals surface area (Å²) in [6.07, 6.45) is 0. The summed E-state index contributed by atoms with van der Waals surface area (Å²) in [4.78, 5) is 21.6. The number of halogens is 1. The van der Waals surface area contributed by atoms with Crippen LogP contribution in [0.25, 0.3) is 0 Å². The third kappa shape index (κ3) is 3.29. The monoisotopic (exact) mass is 307 g/mol. The zero-order chi connectivity index (χ0) is 15.6. The minimum atomic E-state index is -1.21. The Hall–Kier alpha value is -2.60. The summed E-state index contributed by atoms with van der Waals surface area (Å²) in [7, 11) is 0. The number of carbonyl (C=O) groups is 1. The number of benzene rings is 2. The number of ether oxygens (including phenoxy) is 1. The molecule has 0 amide bonds. The van der Waals surface area contributed by atoms with E-state index in [4.69, 9.17) is 21.4 Å². The second kappa shape index (κ2) is 5.80. The second-order valence-electron chi connectivity index (χ2n) is 4.28. The van der Waals surface area contributed by atoms with Gasteiger partial charge >= 0.3 is 11.7 Å². The van der Waals surface area contributed by atoms with E-state index in [0.717, 1.165) is 0 Å². The van der Waals surface area contributed by atoms with Gasteiger partial charge in [0.2, 0.25) is 5.75 Å². The van der Waals surface area contributed by atoms with Gasteiger partial charge < -0.3 is 9.84 Å². The molecule has 1 N–H and O–H groups in total. The van der Waals surface area contributed by atoms with E-state index in [0.29, 0.717) is 5.56 Å². The molecule has 2 rings (SSSR count). The topological polar surface area (TPSA) is 89.7 Å². The number of nitrogens with zero attached hydrogens (tertiary/aromatic N) is 1. The van der Waals surface area contributed by atoms with Gasteiger partial charge in [-0.3, -0.25) is 10.1 Å². The van der Waals surface area contributed by atoms with Crippen LogP contribution in [-0.2, 0) is 0 Å². The minimum Gasteiger partial charge on any atom is -0.478 e.